The van der Waals surface area contributed by atoms with Gasteiger partial charge in [-0.15, -0.1) is 0 Å². The molecule has 6 rings (SSSR count). The number of rotatable bonds is 7. The van der Waals surface area contributed by atoms with Gasteiger partial charge in [0.05, 0.1) is 23.2 Å². The van der Waals surface area contributed by atoms with Crippen molar-refractivity contribution >= 4 is 32.0 Å². The molecular weight excluding hydrogens is 510 g/mol. The molecule has 0 spiro atoms. The minimum absolute atomic E-state index is 0.201. The first-order valence-electron chi connectivity index (χ1n) is 12.5. The molecule has 0 N–H and O–H groups in total. The van der Waals surface area contributed by atoms with Crippen molar-refractivity contribution in [3.05, 3.63) is 108 Å². The lowest BCUT2D eigenvalue weighted by molar-refractivity contribution is 0.285. The molecule has 196 valence electrons. The van der Waals surface area contributed by atoms with Crippen LogP contribution in [0.25, 0.3) is 33.2 Å². The molecule has 6 aromatic rings. The van der Waals surface area contributed by atoms with Crippen LogP contribution in [0.3, 0.4) is 0 Å². The Hall–Kier alpha value is -4.56. The van der Waals surface area contributed by atoms with E-state index in [0.29, 0.717) is 29.4 Å². The van der Waals surface area contributed by atoms with Gasteiger partial charge < -0.3 is 14.0 Å². The number of fused-ring (bicyclic) bond motifs is 2. The maximum atomic E-state index is 14.0. The monoisotopic (exact) mass is 537 g/mol. The Balaban J connectivity index is 1.53. The van der Waals surface area contributed by atoms with E-state index in [1.165, 1.54) is 3.97 Å². The highest BCUT2D eigenvalue weighted by Crippen LogP contribution is 2.41. The van der Waals surface area contributed by atoms with E-state index < -0.39 is 10.0 Å². The Morgan fingerprint density at radius 3 is 2.41 bits per heavy atom. The molecule has 3 heterocycles. The molecule has 0 saturated carbocycles. The normalized spacial score (nSPS) is 11.8. The van der Waals surface area contributed by atoms with E-state index in [4.69, 9.17) is 9.47 Å². The fourth-order valence-electron chi connectivity index (χ4n) is 4.86. The minimum atomic E-state index is -3.95. The number of hydrogen-bond acceptors (Lipinski definition) is 5. The summed E-state index contributed by atoms with van der Waals surface area (Å²) in [6, 6.07) is 26.2. The summed E-state index contributed by atoms with van der Waals surface area (Å²) in [7, 11) is -0.423. The van der Waals surface area contributed by atoms with Crippen molar-refractivity contribution in [1.82, 2.24) is 13.5 Å². The predicted octanol–water partition coefficient (Wildman–Crippen LogP) is 6.33. The van der Waals surface area contributed by atoms with Gasteiger partial charge in [-0.25, -0.2) is 17.4 Å². The predicted molar refractivity (Wildman–Crippen MR) is 153 cm³/mol. The molecule has 0 fully saturated rings. The van der Waals surface area contributed by atoms with E-state index >= 15 is 0 Å². The van der Waals surface area contributed by atoms with E-state index in [2.05, 4.69) is 4.98 Å². The standard InChI is InChI=1S/C31H27N3O4S/c1-21-11-13-24(14-12-21)39(35,36)34-28(16-23-10-7-15-32-31(23)34)26-19-33(2)27-18-30(29(37-3)17-25(26)27)38-20-22-8-5-4-6-9-22/h4-19H,20H2,1-3H3. The van der Waals surface area contributed by atoms with Gasteiger partial charge in [0.2, 0.25) is 0 Å². The topological polar surface area (TPSA) is 75.4 Å². The number of benzene rings is 3. The van der Waals surface area contributed by atoms with Gasteiger partial charge in [0.1, 0.15) is 6.61 Å². The average molecular weight is 538 g/mol. The zero-order chi connectivity index (χ0) is 27.1. The van der Waals surface area contributed by atoms with E-state index in [-0.39, 0.29) is 4.90 Å². The first kappa shape index (κ1) is 24.8. The second kappa shape index (κ2) is 9.63. The third-order valence-electron chi connectivity index (χ3n) is 6.87. The summed E-state index contributed by atoms with van der Waals surface area (Å²) in [6.07, 6.45) is 3.54. The fourth-order valence-corrected chi connectivity index (χ4v) is 6.34. The number of aryl methyl sites for hydroxylation is 2. The summed E-state index contributed by atoms with van der Waals surface area (Å²) in [5.74, 6) is 1.17. The number of methoxy groups -OCH3 is 1. The fraction of sp³-hybridized carbons (Fsp3) is 0.129. The van der Waals surface area contributed by atoms with Crippen molar-refractivity contribution in [3.8, 4) is 22.8 Å². The quantitative estimate of drug-likeness (QED) is 0.238. The lowest BCUT2D eigenvalue weighted by Gasteiger charge is -2.13. The number of pyridine rings is 1. The highest BCUT2D eigenvalue weighted by atomic mass is 32.2. The first-order valence-corrected chi connectivity index (χ1v) is 13.9. The molecule has 3 aromatic heterocycles. The van der Waals surface area contributed by atoms with Gasteiger partial charge >= 0.3 is 0 Å². The summed E-state index contributed by atoms with van der Waals surface area (Å²) in [5.41, 5.74) is 4.55. The first-order chi connectivity index (χ1) is 18.9. The van der Waals surface area contributed by atoms with E-state index in [1.54, 1.807) is 43.6 Å². The van der Waals surface area contributed by atoms with Crippen LogP contribution in [0.1, 0.15) is 11.1 Å². The maximum absolute atomic E-state index is 14.0. The lowest BCUT2D eigenvalue weighted by Crippen LogP contribution is -2.14. The molecule has 0 aliphatic carbocycles. The molecule has 0 aliphatic rings. The van der Waals surface area contributed by atoms with Crippen LogP contribution in [-0.2, 0) is 23.7 Å². The third-order valence-corrected chi connectivity index (χ3v) is 8.59. The van der Waals surface area contributed by atoms with Crippen molar-refractivity contribution in [2.45, 2.75) is 18.4 Å². The molecule has 0 saturated heterocycles. The Morgan fingerprint density at radius 2 is 1.67 bits per heavy atom. The molecular formula is C31H27N3O4S. The Kier molecular flexibility index (Phi) is 6.12. The SMILES string of the molecule is COc1cc2c(-c3cc4cccnc4n3S(=O)(=O)c3ccc(C)cc3)cn(C)c2cc1OCc1ccccc1. The largest absolute Gasteiger partial charge is 0.493 e. The number of hydrogen-bond donors (Lipinski definition) is 0. The van der Waals surface area contributed by atoms with E-state index in [0.717, 1.165) is 33.0 Å². The zero-order valence-electron chi connectivity index (χ0n) is 21.8. The van der Waals surface area contributed by atoms with Crippen LogP contribution in [0.5, 0.6) is 11.5 Å². The van der Waals surface area contributed by atoms with Gasteiger partial charge in [-0.1, -0.05) is 48.0 Å². The second-order valence-corrected chi connectivity index (χ2v) is 11.3. The van der Waals surface area contributed by atoms with Crippen LogP contribution in [0.15, 0.2) is 102 Å². The lowest BCUT2D eigenvalue weighted by atomic mass is 10.1. The Labute approximate surface area is 226 Å². The van der Waals surface area contributed by atoms with Crippen molar-refractivity contribution in [3.63, 3.8) is 0 Å². The molecule has 0 amide bonds. The summed E-state index contributed by atoms with van der Waals surface area (Å²) in [5, 5.41) is 1.57. The Morgan fingerprint density at radius 1 is 0.897 bits per heavy atom. The van der Waals surface area contributed by atoms with E-state index in [1.807, 2.05) is 79.3 Å². The van der Waals surface area contributed by atoms with Gasteiger partial charge in [0, 0.05) is 41.8 Å². The van der Waals surface area contributed by atoms with Crippen molar-refractivity contribution in [2.24, 2.45) is 7.05 Å². The highest BCUT2D eigenvalue weighted by Gasteiger charge is 2.27. The number of ether oxygens (including phenoxy) is 2. The summed E-state index contributed by atoms with van der Waals surface area (Å²) >= 11 is 0. The van der Waals surface area contributed by atoms with Gasteiger partial charge in [-0.05, 0) is 48.9 Å². The zero-order valence-corrected chi connectivity index (χ0v) is 22.6. The molecule has 0 radical (unpaired) electrons. The summed E-state index contributed by atoms with van der Waals surface area (Å²) in [6.45, 7) is 2.32. The van der Waals surface area contributed by atoms with E-state index in [9.17, 15) is 8.42 Å². The van der Waals surface area contributed by atoms with Crippen molar-refractivity contribution in [2.75, 3.05) is 7.11 Å². The summed E-state index contributed by atoms with van der Waals surface area (Å²) < 4.78 is 43.2. The third kappa shape index (κ3) is 4.32. The van der Waals surface area contributed by atoms with Crippen LogP contribution in [-0.4, -0.2) is 29.1 Å². The van der Waals surface area contributed by atoms with Crippen LogP contribution < -0.4 is 9.47 Å². The van der Waals surface area contributed by atoms with Crippen LogP contribution in [0.4, 0.5) is 0 Å². The van der Waals surface area contributed by atoms with Gasteiger partial charge in [0.15, 0.2) is 17.1 Å². The molecule has 7 nitrogen and oxygen atoms in total. The van der Waals surface area contributed by atoms with Crippen LogP contribution in [0, 0.1) is 6.92 Å². The smallest absolute Gasteiger partial charge is 0.269 e. The molecule has 39 heavy (non-hydrogen) atoms. The van der Waals surface area contributed by atoms with Gasteiger partial charge in [0.25, 0.3) is 10.0 Å². The second-order valence-electron chi connectivity index (χ2n) is 9.48. The number of aromatic nitrogens is 3. The molecule has 0 atom stereocenters. The molecule has 0 aliphatic heterocycles. The highest BCUT2D eigenvalue weighted by molar-refractivity contribution is 7.90. The van der Waals surface area contributed by atoms with Crippen molar-refractivity contribution in [1.29, 1.82) is 0 Å². The van der Waals surface area contributed by atoms with Crippen LogP contribution >= 0.6 is 0 Å². The minimum Gasteiger partial charge on any atom is -0.493 e. The molecule has 8 heteroatoms. The average Bonchev–Trinajstić information content (AvgIpc) is 3.50. The van der Waals surface area contributed by atoms with Gasteiger partial charge in [-0.2, -0.15) is 0 Å². The molecule has 3 aromatic carbocycles. The Bertz CT molecular complexity index is 1920. The van der Waals surface area contributed by atoms with Crippen molar-refractivity contribution < 1.29 is 17.9 Å². The number of nitrogens with zero attached hydrogens (tertiary/aromatic N) is 3. The van der Waals surface area contributed by atoms with Gasteiger partial charge in [-0.3, -0.25) is 0 Å². The molecule has 0 bridgehead atoms. The maximum Gasteiger partial charge on any atom is 0.269 e. The summed E-state index contributed by atoms with van der Waals surface area (Å²) in [4.78, 5) is 4.66. The molecule has 0 unspecified atom stereocenters. The van der Waals surface area contributed by atoms with Crippen LogP contribution in [0.2, 0.25) is 0 Å².